The van der Waals surface area contributed by atoms with E-state index >= 15 is 0 Å². The number of nitrogens with one attached hydrogen (secondary N) is 1. The monoisotopic (exact) mass is 442 g/mol. The average Bonchev–Trinajstić information content (AvgIpc) is 2.96. The lowest BCUT2D eigenvalue weighted by Gasteiger charge is -2.22. The number of ether oxygens (including phenoxy) is 1. The molecular formula is C18H27IN4O. The van der Waals surface area contributed by atoms with Gasteiger partial charge in [0.25, 0.3) is 0 Å². The molecule has 0 aliphatic rings. The normalized spacial score (nSPS) is 10.9. The third-order valence-corrected chi connectivity index (χ3v) is 3.69. The predicted octanol–water partition coefficient (Wildman–Crippen LogP) is 3.25. The summed E-state index contributed by atoms with van der Waals surface area (Å²) in [6, 6.07) is 12.2. The van der Waals surface area contributed by atoms with E-state index in [2.05, 4.69) is 60.2 Å². The van der Waals surface area contributed by atoms with Crippen molar-refractivity contribution in [3.63, 3.8) is 0 Å². The SMILES string of the molecule is CCNC(=NCc1cccc(OC)c1)N(C)Cc1cccn1C.I. The summed E-state index contributed by atoms with van der Waals surface area (Å²) in [6.07, 6.45) is 2.06. The van der Waals surface area contributed by atoms with Gasteiger partial charge < -0.3 is 19.5 Å². The van der Waals surface area contributed by atoms with Crippen LogP contribution in [0.15, 0.2) is 47.6 Å². The molecule has 0 spiro atoms. The lowest BCUT2D eigenvalue weighted by Crippen LogP contribution is -2.38. The summed E-state index contributed by atoms with van der Waals surface area (Å²) in [6.45, 7) is 4.36. The number of methoxy groups -OCH3 is 1. The van der Waals surface area contributed by atoms with Crippen molar-refractivity contribution in [1.29, 1.82) is 0 Å². The lowest BCUT2D eigenvalue weighted by molar-refractivity contribution is 0.414. The Bertz CT molecular complexity index is 654. The molecule has 2 aromatic rings. The smallest absolute Gasteiger partial charge is 0.194 e. The van der Waals surface area contributed by atoms with Crippen molar-refractivity contribution >= 4 is 29.9 Å². The summed E-state index contributed by atoms with van der Waals surface area (Å²) in [5.41, 5.74) is 2.38. The van der Waals surface area contributed by atoms with E-state index < -0.39 is 0 Å². The van der Waals surface area contributed by atoms with E-state index in [9.17, 15) is 0 Å². The summed E-state index contributed by atoms with van der Waals surface area (Å²) in [7, 11) is 5.80. The molecule has 6 heteroatoms. The van der Waals surface area contributed by atoms with Crippen LogP contribution in [0.2, 0.25) is 0 Å². The Morgan fingerprint density at radius 3 is 2.71 bits per heavy atom. The third kappa shape index (κ3) is 5.74. The quantitative estimate of drug-likeness (QED) is 0.425. The van der Waals surface area contributed by atoms with Crippen molar-refractivity contribution in [2.75, 3.05) is 20.7 Å². The van der Waals surface area contributed by atoms with Crippen LogP contribution in [-0.4, -0.2) is 36.1 Å². The van der Waals surface area contributed by atoms with Gasteiger partial charge in [-0.25, -0.2) is 4.99 Å². The molecule has 0 fully saturated rings. The number of aromatic nitrogens is 1. The summed E-state index contributed by atoms with van der Waals surface area (Å²) in [5, 5.41) is 3.35. The van der Waals surface area contributed by atoms with Gasteiger partial charge in [-0.2, -0.15) is 0 Å². The topological polar surface area (TPSA) is 41.8 Å². The molecule has 0 aliphatic heterocycles. The van der Waals surface area contributed by atoms with E-state index in [1.54, 1.807) is 7.11 Å². The Morgan fingerprint density at radius 1 is 1.29 bits per heavy atom. The minimum atomic E-state index is 0. The molecule has 0 saturated carbocycles. The van der Waals surface area contributed by atoms with Crippen LogP contribution in [0.3, 0.4) is 0 Å². The Labute approximate surface area is 161 Å². The molecule has 1 aromatic heterocycles. The first kappa shape index (κ1) is 20.3. The summed E-state index contributed by atoms with van der Waals surface area (Å²) in [4.78, 5) is 6.87. The van der Waals surface area contributed by atoms with Gasteiger partial charge in [0.2, 0.25) is 0 Å². The number of halogens is 1. The van der Waals surface area contributed by atoms with Gasteiger partial charge >= 0.3 is 0 Å². The van der Waals surface area contributed by atoms with Gasteiger partial charge in [0.1, 0.15) is 5.75 Å². The first-order chi connectivity index (χ1) is 11.1. The molecule has 1 heterocycles. The molecule has 1 N–H and O–H groups in total. The van der Waals surface area contributed by atoms with Crippen LogP contribution in [-0.2, 0) is 20.1 Å². The highest BCUT2D eigenvalue weighted by Gasteiger charge is 2.08. The third-order valence-electron chi connectivity index (χ3n) is 3.69. The van der Waals surface area contributed by atoms with Crippen molar-refractivity contribution in [2.45, 2.75) is 20.0 Å². The van der Waals surface area contributed by atoms with E-state index in [1.165, 1.54) is 5.69 Å². The fourth-order valence-corrected chi connectivity index (χ4v) is 2.39. The number of benzene rings is 1. The van der Waals surface area contributed by atoms with Crippen LogP contribution >= 0.6 is 24.0 Å². The molecule has 132 valence electrons. The van der Waals surface area contributed by atoms with E-state index in [0.717, 1.165) is 30.4 Å². The number of nitrogens with zero attached hydrogens (tertiary/aromatic N) is 3. The van der Waals surface area contributed by atoms with E-state index in [0.29, 0.717) is 6.54 Å². The van der Waals surface area contributed by atoms with Gasteiger partial charge in [-0.15, -0.1) is 24.0 Å². The Morgan fingerprint density at radius 2 is 2.08 bits per heavy atom. The van der Waals surface area contributed by atoms with Gasteiger partial charge in [-0.1, -0.05) is 12.1 Å². The van der Waals surface area contributed by atoms with Crippen LogP contribution in [0.25, 0.3) is 0 Å². The number of aryl methyl sites for hydroxylation is 1. The maximum atomic E-state index is 5.26. The molecule has 0 saturated heterocycles. The van der Waals surface area contributed by atoms with Crippen molar-refractivity contribution < 1.29 is 4.74 Å². The molecule has 0 unspecified atom stereocenters. The van der Waals surface area contributed by atoms with Crippen LogP contribution in [0.1, 0.15) is 18.2 Å². The number of rotatable bonds is 6. The fourth-order valence-electron chi connectivity index (χ4n) is 2.39. The second-order valence-corrected chi connectivity index (χ2v) is 5.49. The predicted molar refractivity (Wildman–Crippen MR) is 110 cm³/mol. The highest BCUT2D eigenvalue weighted by molar-refractivity contribution is 14.0. The van der Waals surface area contributed by atoms with Crippen LogP contribution in [0, 0.1) is 0 Å². The Balaban J connectivity index is 0.00000288. The zero-order valence-electron chi connectivity index (χ0n) is 14.8. The fraction of sp³-hybridized carbons (Fsp3) is 0.389. The highest BCUT2D eigenvalue weighted by atomic mass is 127. The Kier molecular flexibility index (Phi) is 8.67. The largest absolute Gasteiger partial charge is 0.497 e. The number of aliphatic imine (C=N–C) groups is 1. The van der Waals surface area contributed by atoms with Gasteiger partial charge in [0.05, 0.1) is 20.2 Å². The molecule has 0 bridgehead atoms. The summed E-state index contributed by atoms with van der Waals surface area (Å²) in [5.74, 6) is 1.76. The number of hydrogen-bond acceptors (Lipinski definition) is 2. The number of hydrogen-bond donors (Lipinski definition) is 1. The molecule has 0 aliphatic carbocycles. The highest BCUT2D eigenvalue weighted by Crippen LogP contribution is 2.13. The van der Waals surface area contributed by atoms with Crippen molar-refractivity contribution in [3.8, 4) is 5.75 Å². The molecule has 5 nitrogen and oxygen atoms in total. The zero-order valence-corrected chi connectivity index (χ0v) is 17.2. The molecular weight excluding hydrogens is 415 g/mol. The molecule has 0 amide bonds. The van der Waals surface area contributed by atoms with Crippen molar-refractivity contribution in [1.82, 2.24) is 14.8 Å². The van der Waals surface area contributed by atoms with Gasteiger partial charge in [0, 0.05) is 32.5 Å². The van der Waals surface area contributed by atoms with Gasteiger partial charge in [-0.05, 0) is 36.8 Å². The molecule has 1 aromatic carbocycles. The lowest BCUT2D eigenvalue weighted by atomic mass is 10.2. The molecule has 24 heavy (non-hydrogen) atoms. The molecule has 0 radical (unpaired) electrons. The maximum absolute atomic E-state index is 5.26. The Hall–Kier alpha value is -1.70. The van der Waals surface area contributed by atoms with Crippen LogP contribution in [0.5, 0.6) is 5.75 Å². The van der Waals surface area contributed by atoms with Gasteiger partial charge in [0.15, 0.2) is 5.96 Å². The minimum Gasteiger partial charge on any atom is -0.497 e. The standard InChI is InChI=1S/C18H26N4O.HI/c1-5-19-18(22(3)14-16-9-7-11-21(16)2)20-13-15-8-6-10-17(12-15)23-4;/h6-12H,5,13-14H2,1-4H3,(H,19,20);1H. The minimum absolute atomic E-state index is 0. The summed E-state index contributed by atoms with van der Waals surface area (Å²) < 4.78 is 7.39. The van der Waals surface area contributed by atoms with E-state index in [4.69, 9.17) is 9.73 Å². The van der Waals surface area contributed by atoms with E-state index in [1.807, 2.05) is 18.2 Å². The van der Waals surface area contributed by atoms with E-state index in [-0.39, 0.29) is 24.0 Å². The first-order valence-corrected chi connectivity index (χ1v) is 7.86. The maximum Gasteiger partial charge on any atom is 0.194 e. The zero-order chi connectivity index (χ0) is 16.7. The van der Waals surface area contributed by atoms with Crippen molar-refractivity contribution in [3.05, 3.63) is 53.9 Å². The second-order valence-electron chi connectivity index (χ2n) is 5.49. The average molecular weight is 442 g/mol. The van der Waals surface area contributed by atoms with Crippen LogP contribution < -0.4 is 10.1 Å². The van der Waals surface area contributed by atoms with Crippen molar-refractivity contribution in [2.24, 2.45) is 12.0 Å². The summed E-state index contributed by atoms with van der Waals surface area (Å²) >= 11 is 0. The van der Waals surface area contributed by atoms with Gasteiger partial charge in [-0.3, -0.25) is 0 Å². The molecule has 0 atom stereocenters. The number of guanidine groups is 1. The molecule has 2 rings (SSSR count). The second kappa shape index (κ2) is 10.2. The first-order valence-electron chi connectivity index (χ1n) is 7.86. The van der Waals surface area contributed by atoms with Crippen LogP contribution in [0.4, 0.5) is 0 Å².